The maximum Gasteiger partial charge on any atom is 0.141 e. The molecule has 0 radical (unpaired) electrons. The first-order valence-electron chi connectivity index (χ1n) is 7.04. The van der Waals surface area contributed by atoms with Gasteiger partial charge in [0, 0.05) is 25.6 Å². The van der Waals surface area contributed by atoms with Crippen LogP contribution in [-0.4, -0.2) is 27.4 Å². The van der Waals surface area contributed by atoms with Gasteiger partial charge in [0.1, 0.15) is 11.6 Å². The van der Waals surface area contributed by atoms with Gasteiger partial charge in [-0.25, -0.2) is 4.98 Å². The van der Waals surface area contributed by atoms with Crippen molar-refractivity contribution < 1.29 is 4.79 Å². The largest absolute Gasteiger partial charge is 0.331 e. The van der Waals surface area contributed by atoms with Gasteiger partial charge in [-0.2, -0.15) is 0 Å². The molecule has 20 heavy (non-hydrogen) atoms. The van der Waals surface area contributed by atoms with E-state index in [0.717, 1.165) is 16.9 Å². The third kappa shape index (κ3) is 3.67. The maximum absolute atomic E-state index is 12.0. The van der Waals surface area contributed by atoms with Crippen LogP contribution in [0.2, 0.25) is 0 Å². The number of Topliss-reactive ketones (excluding diaryl/α,β-unsaturated/α-hetero) is 1. The standard InChI is InChI=1S/C16H23N3O/c1-16(2,3)17-10-9-12(20)11-15-18-13-7-5-6-8-14(13)19(15)4/h5-8,17H,9-11H2,1-4H3. The Labute approximate surface area is 120 Å². The molecule has 0 unspecified atom stereocenters. The number of hydrogen-bond donors (Lipinski definition) is 1. The van der Waals surface area contributed by atoms with E-state index in [0.29, 0.717) is 19.4 Å². The molecule has 0 saturated heterocycles. The van der Waals surface area contributed by atoms with Gasteiger partial charge in [-0.15, -0.1) is 0 Å². The molecule has 4 heteroatoms. The Morgan fingerprint density at radius 1 is 1.30 bits per heavy atom. The highest BCUT2D eigenvalue weighted by Crippen LogP contribution is 2.14. The van der Waals surface area contributed by atoms with Crippen LogP contribution in [0, 0.1) is 0 Å². The number of carbonyl (C=O) groups excluding carboxylic acids is 1. The average molecular weight is 273 g/mol. The number of carbonyl (C=O) groups is 1. The summed E-state index contributed by atoms with van der Waals surface area (Å²) in [5.74, 6) is 1.06. The minimum atomic E-state index is 0.0538. The van der Waals surface area contributed by atoms with Crippen molar-refractivity contribution in [3.63, 3.8) is 0 Å². The molecule has 2 aromatic rings. The summed E-state index contributed by atoms with van der Waals surface area (Å²) in [4.78, 5) is 16.6. The Kier molecular flexibility index (Phi) is 4.23. The van der Waals surface area contributed by atoms with Gasteiger partial charge in [0.25, 0.3) is 0 Å². The van der Waals surface area contributed by atoms with Crippen LogP contribution in [0.1, 0.15) is 33.0 Å². The van der Waals surface area contributed by atoms with Crippen molar-refractivity contribution in [2.24, 2.45) is 7.05 Å². The average Bonchev–Trinajstić information content (AvgIpc) is 2.65. The minimum Gasteiger partial charge on any atom is -0.331 e. The first kappa shape index (κ1) is 14.7. The molecule has 1 heterocycles. The first-order valence-corrected chi connectivity index (χ1v) is 7.04. The number of ketones is 1. The van der Waals surface area contributed by atoms with Crippen LogP contribution in [0.5, 0.6) is 0 Å². The van der Waals surface area contributed by atoms with E-state index in [9.17, 15) is 4.79 Å². The van der Waals surface area contributed by atoms with Crippen molar-refractivity contribution in [2.45, 2.75) is 39.2 Å². The number of fused-ring (bicyclic) bond motifs is 1. The van der Waals surface area contributed by atoms with Crippen molar-refractivity contribution in [1.29, 1.82) is 0 Å². The van der Waals surface area contributed by atoms with Gasteiger partial charge in [-0.05, 0) is 32.9 Å². The number of aryl methyl sites for hydroxylation is 1. The van der Waals surface area contributed by atoms with Gasteiger partial charge in [-0.3, -0.25) is 4.79 Å². The van der Waals surface area contributed by atoms with E-state index in [1.165, 1.54) is 0 Å². The van der Waals surface area contributed by atoms with E-state index in [2.05, 4.69) is 31.1 Å². The topological polar surface area (TPSA) is 46.9 Å². The number of nitrogens with zero attached hydrogens (tertiary/aromatic N) is 2. The van der Waals surface area contributed by atoms with Crippen LogP contribution in [0.4, 0.5) is 0 Å². The highest BCUT2D eigenvalue weighted by molar-refractivity contribution is 5.82. The molecule has 0 aliphatic rings. The number of benzene rings is 1. The summed E-state index contributed by atoms with van der Waals surface area (Å²) in [5, 5.41) is 3.33. The zero-order chi connectivity index (χ0) is 14.8. The molecule has 2 rings (SSSR count). The molecule has 0 spiro atoms. The molecule has 4 nitrogen and oxygen atoms in total. The number of para-hydroxylation sites is 2. The van der Waals surface area contributed by atoms with E-state index in [1.807, 2.05) is 35.9 Å². The molecular weight excluding hydrogens is 250 g/mol. The molecule has 0 aliphatic carbocycles. The molecule has 0 bridgehead atoms. The summed E-state index contributed by atoms with van der Waals surface area (Å²) in [7, 11) is 1.96. The van der Waals surface area contributed by atoms with Crippen molar-refractivity contribution in [3.05, 3.63) is 30.1 Å². The van der Waals surface area contributed by atoms with E-state index in [1.54, 1.807) is 0 Å². The van der Waals surface area contributed by atoms with Crippen LogP contribution in [0.25, 0.3) is 11.0 Å². The molecular formula is C16H23N3O. The van der Waals surface area contributed by atoms with Gasteiger partial charge in [0.2, 0.25) is 0 Å². The molecule has 1 aromatic carbocycles. The zero-order valence-corrected chi connectivity index (χ0v) is 12.7. The Morgan fingerprint density at radius 3 is 2.65 bits per heavy atom. The van der Waals surface area contributed by atoms with Crippen molar-refractivity contribution >= 4 is 16.8 Å². The molecule has 1 aromatic heterocycles. The Bertz CT molecular complexity index is 608. The lowest BCUT2D eigenvalue weighted by atomic mass is 10.1. The summed E-state index contributed by atoms with van der Waals surface area (Å²) >= 11 is 0. The van der Waals surface area contributed by atoms with E-state index >= 15 is 0 Å². The van der Waals surface area contributed by atoms with Crippen LogP contribution in [-0.2, 0) is 18.3 Å². The number of imidazole rings is 1. The molecule has 0 amide bonds. The summed E-state index contributed by atoms with van der Waals surface area (Å²) in [6.45, 7) is 7.01. The van der Waals surface area contributed by atoms with E-state index in [-0.39, 0.29) is 11.3 Å². The monoisotopic (exact) mass is 273 g/mol. The van der Waals surface area contributed by atoms with Gasteiger partial charge >= 0.3 is 0 Å². The normalized spacial score (nSPS) is 12.0. The van der Waals surface area contributed by atoms with Gasteiger partial charge < -0.3 is 9.88 Å². The summed E-state index contributed by atoms with van der Waals surface area (Å²) in [6, 6.07) is 7.96. The third-order valence-corrected chi connectivity index (χ3v) is 3.29. The van der Waals surface area contributed by atoms with Crippen LogP contribution >= 0.6 is 0 Å². The van der Waals surface area contributed by atoms with Crippen LogP contribution < -0.4 is 5.32 Å². The fourth-order valence-electron chi connectivity index (χ4n) is 2.20. The first-order chi connectivity index (χ1) is 9.37. The van der Waals surface area contributed by atoms with Gasteiger partial charge in [-0.1, -0.05) is 12.1 Å². The molecule has 0 fully saturated rings. The molecule has 108 valence electrons. The van der Waals surface area contributed by atoms with Crippen molar-refractivity contribution in [1.82, 2.24) is 14.9 Å². The molecule has 0 saturated carbocycles. The zero-order valence-electron chi connectivity index (χ0n) is 12.7. The second-order valence-electron chi connectivity index (χ2n) is 6.22. The number of aromatic nitrogens is 2. The quantitative estimate of drug-likeness (QED) is 0.910. The molecule has 1 N–H and O–H groups in total. The van der Waals surface area contributed by atoms with Crippen molar-refractivity contribution in [2.75, 3.05) is 6.54 Å². The third-order valence-electron chi connectivity index (χ3n) is 3.29. The van der Waals surface area contributed by atoms with Crippen molar-refractivity contribution in [3.8, 4) is 0 Å². The summed E-state index contributed by atoms with van der Waals surface area (Å²) in [5.41, 5.74) is 2.08. The fraction of sp³-hybridized carbons (Fsp3) is 0.500. The second kappa shape index (κ2) is 5.75. The number of rotatable bonds is 5. The predicted molar refractivity (Wildman–Crippen MR) is 81.8 cm³/mol. The highest BCUT2D eigenvalue weighted by Gasteiger charge is 2.13. The Balaban J connectivity index is 1.98. The van der Waals surface area contributed by atoms with Crippen LogP contribution in [0.3, 0.4) is 0 Å². The molecule has 0 atom stereocenters. The highest BCUT2D eigenvalue weighted by atomic mass is 16.1. The summed E-state index contributed by atoms with van der Waals surface area (Å²) in [6.07, 6.45) is 0.942. The second-order valence-corrected chi connectivity index (χ2v) is 6.22. The lowest BCUT2D eigenvalue weighted by Crippen LogP contribution is -2.37. The number of nitrogens with one attached hydrogen (secondary N) is 1. The minimum absolute atomic E-state index is 0.0538. The lowest BCUT2D eigenvalue weighted by molar-refractivity contribution is -0.118. The molecule has 0 aliphatic heterocycles. The Hall–Kier alpha value is -1.68. The predicted octanol–water partition coefficient (Wildman–Crippen LogP) is 2.46. The van der Waals surface area contributed by atoms with E-state index < -0.39 is 0 Å². The SMILES string of the molecule is Cn1c(CC(=O)CCNC(C)(C)C)nc2ccccc21. The van der Waals surface area contributed by atoms with E-state index in [4.69, 9.17) is 0 Å². The maximum atomic E-state index is 12.0. The van der Waals surface area contributed by atoms with Gasteiger partial charge in [0.15, 0.2) is 0 Å². The van der Waals surface area contributed by atoms with Gasteiger partial charge in [0.05, 0.1) is 17.5 Å². The summed E-state index contributed by atoms with van der Waals surface area (Å²) < 4.78 is 2.00. The smallest absolute Gasteiger partial charge is 0.141 e. The fourth-order valence-corrected chi connectivity index (χ4v) is 2.20. The van der Waals surface area contributed by atoms with Crippen LogP contribution in [0.15, 0.2) is 24.3 Å². The number of hydrogen-bond acceptors (Lipinski definition) is 3. The Morgan fingerprint density at radius 2 is 2.00 bits per heavy atom. The lowest BCUT2D eigenvalue weighted by Gasteiger charge is -2.20.